The monoisotopic (exact) mass is 341 g/mol. The van der Waals surface area contributed by atoms with Crippen LogP contribution in [0.3, 0.4) is 0 Å². The van der Waals surface area contributed by atoms with Crippen LogP contribution in [0.25, 0.3) is 0 Å². The van der Waals surface area contributed by atoms with Crippen LogP contribution in [0.1, 0.15) is 43.0 Å². The first kappa shape index (κ1) is 19.0. The number of nitrogens with zero attached hydrogens (tertiary/aromatic N) is 3. The Hall–Kier alpha value is -2.35. The Labute approximate surface area is 150 Å². The van der Waals surface area contributed by atoms with Crippen molar-refractivity contribution in [2.75, 3.05) is 26.7 Å². The lowest BCUT2D eigenvalue weighted by Gasteiger charge is -2.38. The maximum atomic E-state index is 12.6. The van der Waals surface area contributed by atoms with Crippen LogP contribution < -0.4 is 0 Å². The van der Waals surface area contributed by atoms with E-state index in [1.165, 1.54) is 0 Å². The fraction of sp³-hybridized carbons (Fsp3) is 0.550. The predicted molar refractivity (Wildman–Crippen MR) is 96.7 cm³/mol. The molecule has 0 aliphatic carbocycles. The minimum atomic E-state index is 0.0787. The van der Waals surface area contributed by atoms with Gasteiger partial charge in [-0.2, -0.15) is 5.26 Å². The average molecular weight is 341 g/mol. The summed E-state index contributed by atoms with van der Waals surface area (Å²) in [7, 11) is 1.76. The molecule has 0 radical (unpaired) electrons. The van der Waals surface area contributed by atoms with E-state index >= 15 is 0 Å². The Morgan fingerprint density at radius 1 is 1.28 bits per heavy atom. The van der Waals surface area contributed by atoms with Gasteiger partial charge >= 0.3 is 0 Å². The Morgan fingerprint density at radius 2 is 2.00 bits per heavy atom. The van der Waals surface area contributed by atoms with E-state index in [0.29, 0.717) is 44.3 Å². The largest absolute Gasteiger partial charge is 0.345 e. The molecule has 1 heterocycles. The molecule has 1 aliphatic heterocycles. The fourth-order valence-electron chi connectivity index (χ4n) is 3.48. The smallest absolute Gasteiger partial charge is 0.253 e. The molecule has 1 fully saturated rings. The van der Waals surface area contributed by atoms with E-state index in [0.717, 1.165) is 18.4 Å². The summed E-state index contributed by atoms with van der Waals surface area (Å²) >= 11 is 0. The number of rotatable bonds is 6. The van der Waals surface area contributed by atoms with Gasteiger partial charge in [-0.15, -0.1) is 0 Å². The molecular formula is C20H27N3O2. The molecule has 1 aromatic rings. The van der Waals surface area contributed by atoms with Crippen molar-refractivity contribution in [1.82, 2.24) is 9.80 Å². The van der Waals surface area contributed by atoms with Gasteiger partial charge in [0.1, 0.15) is 0 Å². The number of hydrogen-bond acceptors (Lipinski definition) is 3. The van der Waals surface area contributed by atoms with E-state index < -0.39 is 0 Å². The van der Waals surface area contributed by atoms with Crippen molar-refractivity contribution < 1.29 is 9.59 Å². The lowest BCUT2D eigenvalue weighted by atomic mass is 9.81. The van der Waals surface area contributed by atoms with Gasteiger partial charge in [-0.05, 0) is 30.4 Å². The highest BCUT2D eigenvalue weighted by atomic mass is 16.2. The number of benzene rings is 1. The Morgan fingerprint density at radius 3 is 2.64 bits per heavy atom. The average Bonchev–Trinajstić information content (AvgIpc) is 2.66. The number of nitriles is 1. The third-order valence-electron chi connectivity index (χ3n) is 5.15. The maximum Gasteiger partial charge on any atom is 0.253 e. The first-order chi connectivity index (χ1) is 12.1. The van der Waals surface area contributed by atoms with Gasteiger partial charge in [0.2, 0.25) is 5.91 Å². The van der Waals surface area contributed by atoms with Crippen molar-refractivity contribution in [2.24, 2.45) is 11.8 Å². The summed E-state index contributed by atoms with van der Waals surface area (Å²) in [6.07, 6.45) is 2.69. The third-order valence-corrected chi connectivity index (χ3v) is 5.15. The summed E-state index contributed by atoms with van der Waals surface area (Å²) < 4.78 is 0. The van der Waals surface area contributed by atoms with Gasteiger partial charge in [0.25, 0.3) is 5.91 Å². The fourth-order valence-corrected chi connectivity index (χ4v) is 3.48. The standard InChI is InChI=1S/C20H27N3O2/c1-3-16-15-23(20(25)17-8-5-4-6-9-17)13-10-18(16)14-19(24)22(2)12-7-11-21/h4-6,8-9,16,18H,3,7,10,12-15H2,1-2H3/t16-,18+/m1/s1. The van der Waals surface area contributed by atoms with Gasteiger partial charge in [0, 0.05) is 38.7 Å². The SMILES string of the molecule is CC[C@@H]1CN(C(=O)c2ccccc2)CC[C@H]1CC(=O)N(C)CCC#N. The molecule has 1 saturated heterocycles. The van der Waals surface area contributed by atoms with E-state index in [4.69, 9.17) is 5.26 Å². The molecule has 0 saturated carbocycles. The molecule has 1 aromatic carbocycles. The summed E-state index contributed by atoms with van der Waals surface area (Å²) in [6.45, 7) is 4.02. The molecule has 5 nitrogen and oxygen atoms in total. The van der Waals surface area contributed by atoms with E-state index in [1.54, 1.807) is 11.9 Å². The zero-order valence-corrected chi connectivity index (χ0v) is 15.1. The second-order valence-corrected chi connectivity index (χ2v) is 6.76. The first-order valence-electron chi connectivity index (χ1n) is 9.02. The van der Waals surface area contributed by atoms with Gasteiger partial charge in [-0.3, -0.25) is 9.59 Å². The van der Waals surface area contributed by atoms with Crippen LogP contribution in [-0.2, 0) is 4.79 Å². The molecule has 2 rings (SSSR count). The van der Waals surface area contributed by atoms with Gasteiger partial charge in [0.15, 0.2) is 0 Å². The molecule has 5 heteroatoms. The lowest BCUT2D eigenvalue weighted by Crippen LogP contribution is -2.45. The molecular weight excluding hydrogens is 314 g/mol. The maximum absolute atomic E-state index is 12.6. The Bertz CT molecular complexity index is 624. The van der Waals surface area contributed by atoms with Crippen LogP contribution in [-0.4, -0.2) is 48.3 Å². The van der Waals surface area contributed by atoms with Gasteiger partial charge < -0.3 is 9.80 Å². The number of carbonyl (C=O) groups is 2. The van der Waals surface area contributed by atoms with Gasteiger partial charge in [0.05, 0.1) is 12.5 Å². The van der Waals surface area contributed by atoms with Crippen molar-refractivity contribution >= 4 is 11.8 Å². The zero-order chi connectivity index (χ0) is 18.2. The van der Waals surface area contributed by atoms with E-state index in [1.807, 2.05) is 35.2 Å². The van der Waals surface area contributed by atoms with Crippen LogP contribution in [0.4, 0.5) is 0 Å². The summed E-state index contributed by atoms with van der Waals surface area (Å²) in [5, 5.41) is 8.65. The minimum Gasteiger partial charge on any atom is -0.345 e. The minimum absolute atomic E-state index is 0.0787. The molecule has 134 valence electrons. The second-order valence-electron chi connectivity index (χ2n) is 6.76. The van der Waals surface area contributed by atoms with Crippen molar-refractivity contribution in [1.29, 1.82) is 5.26 Å². The molecule has 25 heavy (non-hydrogen) atoms. The Balaban J connectivity index is 1.94. The van der Waals surface area contributed by atoms with Crippen LogP contribution in [0, 0.1) is 23.2 Å². The third kappa shape index (κ3) is 5.06. The number of piperidine rings is 1. The van der Waals surface area contributed by atoms with E-state index in [-0.39, 0.29) is 11.8 Å². The molecule has 0 spiro atoms. The molecule has 0 aromatic heterocycles. The summed E-state index contributed by atoms with van der Waals surface area (Å²) in [5.74, 6) is 0.827. The van der Waals surface area contributed by atoms with Crippen LogP contribution >= 0.6 is 0 Å². The molecule has 0 unspecified atom stereocenters. The highest BCUT2D eigenvalue weighted by molar-refractivity contribution is 5.94. The van der Waals surface area contributed by atoms with Crippen molar-refractivity contribution in [3.8, 4) is 6.07 Å². The molecule has 2 atom stereocenters. The van der Waals surface area contributed by atoms with Crippen molar-refractivity contribution in [3.63, 3.8) is 0 Å². The summed E-state index contributed by atoms with van der Waals surface area (Å²) in [5.41, 5.74) is 0.725. The van der Waals surface area contributed by atoms with Crippen LogP contribution in [0.2, 0.25) is 0 Å². The molecule has 2 amide bonds. The van der Waals surface area contributed by atoms with Crippen molar-refractivity contribution in [3.05, 3.63) is 35.9 Å². The van der Waals surface area contributed by atoms with Gasteiger partial charge in [-0.25, -0.2) is 0 Å². The van der Waals surface area contributed by atoms with Gasteiger partial charge in [-0.1, -0.05) is 31.5 Å². The highest BCUT2D eigenvalue weighted by Crippen LogP contribution is 2.30. The normalized spacial score (nSPS) is 20.0. The quantitative estimate of drug-likeness (QED) is 0.799. The van der Waals surface area contributed by atoms with E-state index in [9.17, 15) is 9.59 Å². The number of hydrogen-bond donors (Lipinski definition) is 0. The van der Waals surface area contributed by atoms with E-state index in [2.05, 4.69) is 13.0 Å². The molecule has 0 bridgehead atoms. The number of amides is 2. The van der Waals surface area contributed by atoms with Crippen LogP contribution in [0.15, 0.2) is 30.3 Å². The van der Waals surface area contributed by atoms with Crippen molar-refractivity contribution in [2.45, 2.75) is 32.6 Å². The second kappa shape index (κ2) is 9.22. The highest BCUT2D eigenvalue weighted by Gasteiger charge is 2.32. The summed E-state index contributed by atoms with van der Waals surface area (Å²) in [6, 6.07) is 11.4. The topological polar surface area (TPSA) is 64.4 Å². The molecule has 0 N–H and O–H groups in total. The van der Waals surface area contributed by atoms with Crippen LogP contribution in [0.5, 0.6) is 0 Å². The summed E-state index contributed by atoms with van der Waals surface area (Å²) in [4.78, 5) is 28.6. The molecule has 1 aliphatic rings. The Kier molecular flexibility index (Phi) is 7.00. The zero-order valence-electron chi connectivity index (χ0n) is 15.1. The first-order valence-corrected chi connectivity index (χ1v) is 9.02. The number of likely N-dealkylation sites (tertiary alicyclic amines) is 1. The number of carbonyl (C=O) groups excluding carboxylic acids is 2. The predicted octanol–water partition coefficient (Wildman–Crippen LogP) is 2.94. The lowest BCUT2D eigenvalue weighted by molar-refractivity contribution is -0.131.